The van der Waals surface area contributed by atoms with Crippen LogP contribution in [0.4, 0.5) is 5.69 Å². The Morgan fingerprint density at radius 3 is 2.48 bits per heavy atom. The van der Waals surface area contributed by atoms with Crippen molar-refractivity contribution in [3.8, 4) is 5.75 Å². The largest absolute Gasteiger partial charge is 0.483 e. The molecule has 5 heteroatoms. The molecule has 25 heavy (non-hydrogen) atoms. The second-order valence-electron chi connectivity index (χ2n) is 6.07. The predicted octanol–water partition coefficient (Wildman–Crippen LogP) is 3.74. The topological polar surface area (TPSA) is 68.5 Å². The fraction of sp³-hybridized carbons (Fsp3) is 0.200. The molecule has 0 aliphatic carbocycles. The number of nitrogens with one attached hydrogen (secondary N) is 1. The molecule has 0 aliphatic heterocycles. The van der Waals surface area contributed by atoms with Gasteiger partial charge in [-0.2, -0.15) is 0 Å². The zero-order valence-corrected chi connectivity index (χ0v) is 14.4. The summed E-state index contributed by atoms with van der Waals surface area (Å²) in [5, 5.41) is 3.52. The summed E-state index contributed by atoms with van der Waals surface area (Å²) in [4.78, 5) is 23.3. The number of hydrogen-bond acceptors (Lipinski definition) is 4. The monoisotopic (exact) mass is 337 g/mol. The molecule has 1 aromatic heterocycles. The zero-order chi connectivity index (χ0) is 18.0. The molecule has 0 saturated carbocycles. The minimum absolute atomic E-state index is 0.0767. The molecule has 0 saturated heterocycles. The average Bonchev–Trinajstić information content (AvgIpc) is 2.54. The van der Waals surface area contributed by atoms with Gasteiger partial charge in [0.2, 0.25) is 0 Å². The summed E-state index contributed by atoms with van der Waals surface area (Å²) in [5.41, 5.74) is 3.87. The Morgan fingerprint density at radius 2 is 1.76 bits per heavy atom. The van der Waals surface area contributed by atoms with Crippen LogP contribution in [0.3, 0.4) is 0 Å². The minimum atomic E-state index is -0.401. The van der Waals surface area contributed by atoms with Crippen LogP contribution in [0.5, 0.6) is 5.75 Å². The molecule has 0 atom stereocenters. The van der Waals surface area contributed by atoms with Crippen LogP contribution in [-0.4, -0.2) is 12.5 Å². The summed E-state index contributed by atoms with van der Waals surface area (Å²) < 4.78 is 10.8. The van der Waals surface area contributed by atoms with E-state index >= 15 is 0 Å². The van der Waals surface area contributed by atoms with Gasteiger partial charge in [0.05, 0.1) is 0 Å². The Kier molecular flexibility index (Phi) is 4.57. The van der Waals surface area contributed by atoms with Crippen molar-refractivity contribution >= 4 is 22.6 Å². The third kappa shape index (κ3) is 3.88. The van der Waals surface area contributed by atoms with E-state index in [4.69, 9.17) is 9.15 Å². The smallest absolute Gasteiger partial charge is 0.336 e. The molecule has 0 spiro atoms. The van der Waals surface area contributed by atoms with Crippen LogP contribution in [0, 0.1) is 20.8 Å². The van der Waals surface area contributed by atoms with E-state index in [-0.39, 0.29) is 12.5 Å². The second kappa shape index (κ2) is 6.81. The third-order valence-electron chi connectivity index (χ3n) is 3.86. The second-order valence-corrected chi connectivity index (χ2v) is 6.07. The van der Waals surface area contributed by atoms with Crippen LogP contribution in [0.2, 0.25) is 0 Å². The van der Waals surface area contributed by atoms with Gasteiger partial charge in [-0.15, -0.1) is 0 Å². The van der Waals surface area contributed by atoms with Gasteiger partial charge in [-0.1, -0.05) is 17.7 Å². The van der Waals surface area contributed by atoms with E-state index < -0.39 is 5.63 Å². The summed E-state index contributed by atoms with van der Waals surface area (Å²) >= 11 is 0. The lowest BCUT2D eigenvalue weighted by Gasteiger charge is -2.13. The van der Waals surface area contributed by atoms with E-state index in [1.165, 1.54) is 6.07 Å². The van der Waals surface area contributed by atoms with E-state index in [0.717, 1.165) is 27.8 Å². The number of carbonyl (C=O) groups excluding carboxylic acids is 1. The molecule has 1 heterocycles. The van der Waals surface area contributed by atoms with Crippen molar-refractivity contribution in [1.29, 1.82) is 0 Å². The van der Waals surface area contributed by atoms with Crippen LogP contribution in [0.1, 0.15) is 16.7 Å². The highest BCUT2D eigenvalue weighted by Crippen LogP contribution is 2.24. The Bertz CT molecular complexity index is 981. The zero-order valence-electron chi connectivity index (χ0n) is 14.4. The average molecular weight is 337 g/mol. The fourth-order valence-electron chi connectivity index (χ4n) is 2.88. The standard InChI is InChI=1S/C20H19NO4/c1-12-8-13(2)20(14(3)9-12)24-11-18(22)21-16-5-6-17-15(10-16)4-7-19(23)25-17/h4-10H,11H2,1-3H3,(H,21,22). The first-order chi connectivity index (χ1) is 11.9. The summed E-state index contributed by atoms with van der Waals surface area (Å²) in [7, 11) is 0. The number of rotatable bonds is 4. The molecule has 2 aromatic carbocycles. The van der Waals surface area contributed by atoms with Gasteiger partial charge < -0.3 is 14.5 Å². The quantitative estimate of drug-likeness (QED) is 0.737. The van der Waals surface area contributed by atoms with E-state index in [0.29, 0.717) is 11.3 Å². The van der Waals surface area contributed by atoms with Gasteiger partial charge in [0.25, 0.3) is 5.91 Å². The van der Waals surface area contributed by atoms with Crippen LogP contribution >= 0.6 is 0 Å². The normalized spacial score (nSPS) is 10.7. The molecule has 0 unspecified atom stereocenters. The molecule has 0 bridgehead atoms. The molecule has 3 rings (SSSR count). The first-order valence-electron chi connectivity index (χ1n) is 7.97. The minimum Gasteiger partial charge on any atom is -0.483 e. The van der Waals surface area contributed by atoms with Gasteiger partial charge in [0.15, 0.2) is 6.61 Å². The maximum atomic E-state index is 12.2. The van der Waals surface area contributed by atoms with Gasteiger partial charge in [-0.05, 0) is 56.2 Å². The van der Waals surface area contributed by atoms with Crippen molar-refractivity contribution in [1.82, 2.24) is 0 Å². The van der Waals surface area contributed by atoms with Crippen molar-refractivity contribution in [2.24, 2.45) is 0 Å². The lowest BCUT2D eigenvalue weighted by Crippen LogP contribution is -2.20. The summed E-state index contributed by atoms with van der Waals surface area (Å²) in [5.74, 6) is 0.483. The van der Waals surface area contributed by atoms with Gasteiger partial charge in [-0.3, -0.25) is 4.79 Å². The van der Waals surface area contributed by atoms with Crippen LogP contribution < -0.4 is 15.7 Å². The number of fused-ring (bicyclic) bond motifs is 1. The lowest BCUT2D eigenvalue weighted by atomic mass is 10.1. The van der Waals surface area contributed by atoms with Crippen LogP contribution in [-0.2, 0) is 4.79 Å². The maximum absolute atomic E-state index is 12.2. The van der Waals surface area contributed by atoms with Gasteiger partial charge in [0.1, 0.15) is 11.3 Å². The Morgan fingerprint density at radius 1 is 1.04 bits per heavy atom. The van der Waals surface area contributed by atoms with E-state index in [1.807, 2.05) is 32.9 Å². The van der Waals surface area contributed by atoms with Crippen molar-refractivity contribution < 1.29 is 13.9 Å². The highest BCUT2D eigenvalue weighted by atomic mass is 16.5. The van der Waals surface area contributed by atoms with Crippen LogP contribution in [0.15, 0.2) is 51.7 Å². The summed E-state index contributed by atoms with van der Waals surface area (Å²) in [6.45, 7) is 5.87. The van der Waals surface area contributed by atoms with Gasteiger partial charge in [0, 0.05) is 17.1 Å². The van der Waals surface area contributed by atoms with Crippen LogP contribution in [0.25, 0.3) is 11.0 Å². The predicted molar refractivity (Wildman–Crippen MR) is 97.3 cm³/mol. The number of aryl methyl sites for hydroxylation is 3. The fourth-order valence-corrected chi connectivity index (χ4v) is 2.88. The molecule has 0 aliphatic rings. The SMILES string of the molecule is Cc1cc(C)c(OCC(=O)Nc2ccc3oc(=O)ccc3c2)c(C)c1. The lowest BCUT2D eigenvalue weighted by molar-refractivity contribution is -0.118. The first kappa shape index (κ1) is 16.8. The molecule has 0 radical (unpaired) electrons. The number of carbonyl (C=O) groups is 1. The van der Waals surface area contributed by atoms with Crippen molar-refractivity contribution in [3.05, 3.63) is 69.6 Å². The maximum Gasteiger partial charge on any atom is 0.336 e. The van der Waals surface area contributed by atoms with Crippen molar-refractivity contribution in [2.45, 2.75) is 20.8 Å². The highest BCUT2D eigenvalue weighted by molar-refractivity contribution is 5.94. The van der Waals surface area contributed by atoms with E-state index in [2.05, 4.69) is 5.32 Å². The molecule has 3 aromatic rings. The Hall–Kier alpha value is -3.08. The number of benzene rings is 2. The van der Waals surface area contributed by atoms with E-state index in [9.17, 15) is 9.59 Å². The molecular weight excluding hydrogens is 318 g/mol. The number of anilines is 1. The molecule has 1 N–H and O–H groups in total. The summed E-state index contributed by atoms with van der Waals surface area (Å²) in [6.07, 6.45) is 0. The first-order valence-corrected chi connectivity index (χ1v) is 7.97. The number of ether oxygens (including phenoxy) is 1. The van der Waals surface area contributed by atoms with E-state index in [1.54, 1.807) is 24.3 Å². The Balaban J connectivity index is 1.69. The summed E-state index contributed by atoms with van der Waals surface area (Å²) in [6, 6.07) is 12.1. The number of amides is 1. The highest BCUT2D eigenvalue weighted by Gasteiger charge is 2.09. The number of hydrogen-bond donors (Lipinski definition) is 1. The van der Waals surface area contributed by atoms with Gasteiger partial charge >= 0.3 is 5.63 Å². The molecule has 1 amide bonds. The molecule has 128 valence electrons. The molecule has 0 fully saturated rings. The van der Waals surface area contributed by atoms with Gasteiger partial charge in [-0.25, -0.2) is 4.79 Å². The molecule has 5 nitrogen and oxygen atoms in total. The third-order valence-corrected chi connectivity index (χ3v) is 3.86. The molecular formula is C20H19NO4. The van der Waals surface area contributed by atoms with Crippen molar-refractivity contribution in [2.75, 3.05) is 11.9 Å². The van der Waals surface area contributed by atoms with Crippen molar-refractivity contribution in [3.63, 3.8) is 0 Å². The Labute approximate surface area is 145 Å².